The molecule has 98 valence electrons. The van der Waals surface area contributed by atoms with Gasteiger partial charge >= 0.3 is 0 Å². The van der Waals surface area contributed by atoms with Crippen LogP contribution >= 0.6 is 12.2 Å². The third-order valence-corrected chi connectivity index (χ3v) is 2.73. The lowest BCUT2D eigenvalue weighted by Gasteiger charge is -2.10. The number of nitrogens with one attached hydrogen (secondary N) is 2. The zero-order valence-corrected chi connectivity index (χ0v) is 10.8. The summed E-state index contributed by atoms with van der Waals surface area (Å²) in [7, 11) is 0. The highest BCUT2D eigenvalue weighted by Crippen LogP contribution is 2.09. The Morgan fingerprint density at radius 1 is 1.05 bits per heavy atom. The van der Waals surface area contributed by atoms with E-state index in [1.165, 1.54) is 12.1 Å². The quantitative estimate of drug-likeness (QED) is 0.841. The third kappa shape index (κ3) is 3.99. The first-order chi connectivity index (χ1) is 9.15. The highest BCUT2D eigenvalue weighted by molar-refractivity contribution is 7.80. The molecule has 0 aromatic heterocycles. The second kappa shape index (κ2) is 6.24. The molecule has 0 heterocycles. The zero-order chi connectivity index (χ0) is 13.7. The Morgan fingerprint density at radius 3 is 2.47 bits per heavy atom. The molecule has 0 aliphatic carbocycles. The number of anilines is 1. The maximum absolute atomic E-state index is 13.4. The van der Waals surface area contributed by atoms with Crippen LogP contribution in [0.1, 0.15) is 5.56 Å². The lowest BCUT2D eigenvalue weighted by Crippen LogP contribution is -2.28. The van der Waals surface area contributed by atoms with Gasteiger partial charge in [-0.15, -0.1) is 0 Å². The molecule has 0 radical (unpaired) electrons. The normalized spacial score (nSPS) is 10.0. The van der Waals surface area contributed by atoms with Gasteiger partial charge in [0.25, 0.3) is 0 Å². The Bertz CT molecular complexity index is 573. The Hall–Kier alpha value is -2.01. The van der Waals surface area contributed by atoms with Crippen molar-refractivity contribution in [3.05, 3.63) is 65.7 Å². The molecule has 0 atom stereocenters. The van der Waals surface area contributed by atoms with Crippen molar-refractivity contribution in [1.29, 1.82) is 0 Å². The zero-order valence-electron chi connectivity index (χ0n) is 9.99. The molecule has 2 nitrogen and oxygen atoms in total. The van der Waals surface area contributed by atoms with Gasteiger partial charge in [0.1, 0.15) is 11.6 Å². The number of para-hydroxylation sites is 1. The number of rotatable bonds is 3. The standard InChI is InChI=1S/C14H12F2N2S/c15-11-7-6-10(13(16)8-11)9-17-14(19)18-12-4-2-1-3-5-12/h1-8H,9H2,(H2,17,18,19). The van der Waals surface area contributed by atoms with Crippen molar-refractivity contribution in [3.8, 4) is 0 Å². The van der Waals surface area contributed by atoms with Crippen molar-refractivity contribution in [2.75, 3.05) is 5.32 Å². The largest absolute Gasteiger partial charge is 0.358 e. The summed E-state index contributed by atoms with van der Waals surface area (Å²) in [6.07, 6.45) is 0. The fourth-order valence-corrected chi connectivity index (χ4v) is 1.73. The maximum Gasteiger partial charge on any atom is 0.171 e. The molecule has 0 unspecified atom stereocenters. The van der Waals surface area contributed by atoms with Crippen LogP contribution in [0, 0.1) is 11.6 Å². The van der Waals surface area contributed by atoms with E-state index in [1.54, 1.807) is 0 Å². The summed E-state index contributed by atoms with van der Waals surface area (Å²) in [5.41, 5.74) is 1.21. The van der Waals surface area contributed by atoms with E-state index in [0.29, 0.717) is 10.7 Å². The molecule has 0 aliphatic heterocycles. The van der Waals surface area contributed by atoms with Gasteiger partial charge in [-0.2, -0.15) is 0 Å². The molecule has 2 N–H and O–H groups in total. The predicted octanol–water partition coefficient (Wildman–Crippen LogP) is 3.45. The minimum Gasteiger partial charge on any atom is -0.358 e. The van der Waals surface area contributed by atoms with E-state index < -0.39 is 11.6 Å². The molecule has 0 aliphatic rings. The van der Waals surface area contributed by atoms with Crippen molar-refractivity contribution < 1.29 is 8.78 Å². The third-order valence-electron chi connectivity index (χ3n) is 2.49. The molecule has 0 amide bonds. The average Bonchev–Trinajstić information content (AvgIpc) is 2.39. The molecule has 19 heavy (non-hydrogen) atoms. The lowest BCUT2D eigenvalue weighted by molar-refractivity contribution is 0.570. The molecule has 0 saturated heterocycles. The lowest BCUT2D eigenvalue weighted by atomic mass is 10.2. The van der Waals surface area contributed by atoms with Gasteiger partial charge in [0.2, 0.25) is 0 Å². The van der Waals surface area contributed by atoms with Crippen molar-refractivity contribution >= 4 is 23.0 Å². The van der Waals surface area contributed by atoms with Crippen LogP contribution in [0.4, 0.5) is 14.5 Å². The Kier molecular flexibility index (Phi) is 4.41. The van der Waals surface area contributed by atoms with E-state index in [1.807, 2.05) is 30.3 Å². The molecule has 0 bridgehead atoms. The molecular formula is C14H12F2N2S. The molecule has 2 rings (SSSR count). The number of hydrogen-bond donors (Lipinski definition) is 2. The van der Waals surface area contributed by atoms with Crippen LogP contribution < -0.4 is 10.6 Å². The van der Waals surface area contributed by atoms with Gasteiger partial charge in [0.05, 0.1) is 0 Å². The van der Waals surface area contributed by atoms with Crippen molar-refractivity contribution in [2.45, 2.75) is 6.54 Å². The van der Waals surface area contributed by atoms with Gasteiger partial charge in [0.15, 0.2) is 5.11 Å². The number of hydrogen-bond acceptors (Lipinski definition) is 1. The fraction of sp³-hybridized carbons (Fsp3) is 0.0714. The smallest absolute Gasteiger partial charge is 0.171 e. The van der Waals surface area contributed by atoms with Crippen LogP contribution in [-0.4, -0.2) is 5.11 Å². The summed E-state index contributed by atoms with van der Waals surface area (Å²) in [4.78, 5) is 0. The summed E-state index contributed by atoms with van der Waals surface area (Å²) in [5, 5.41) is 6.22. The van der Waals surface area contributed by atoms with E-state index >= 15 is 0 Å². The predicted molar refractivity (Wildman–Crippen MR) is 75.9 cm³/mol. The van der Waals surface area contributed by atoms with Gasteiger partial charge in [-0.3, -0.25) is 0 Å². The average molecular weight is 278 g/mol. The topological polar surface area (TPSA) is 24.1 Å². The van der Waals surface area contributed by atoms with Crippen molar-refractivity contribution in [3.63, 3.8) is 0 Å². The molecule has 5 heteroatoms. The van der Waals surface area contributed by atoms with Gasteiger partial charge in [-0.1, -0.05) is 24.3 Å². The summed E-state index contributed by atoms with van der Waals surface area (Å²) >= 11 is 5.09. The van der Waals surface area contributed by atoms with Crippen LogP contribution in [0.25, 0.3) is 0 Å². The second-order valence-corrected chi connectivity index (χ2v) is 4.32. The van der Waals surface area contributed by atoms with E-state index in [4.69, 9.17) is 12.2 Å². The first kappa shape index (κ1) is 13.4. The SMILES string of the molecule is Fc1ccc(CNC(=S)Nc2ccccc2)c(F)c1. The summed E-state index contributed by atoms with van der Waals surface area (Å²) in [6, 6.07) is 12.9. The van der Waals surface area contributed by atoms with Gasteiger partial charge in [0, 0.05) is 23.9 Å². The van der Waals surface area contributed by atoms with Gasteiger partial charge in [-0.25, -0.2) is 8.78 Å². The molecule has 0 saturated carbocycles. The fourth-order valence-electron chi connectivity index (χ4n) is 1.54. The maximum atomic E-state index is 13.4. The van der Waals surface area contributed by atoms with Crippen molar-refractivity contribution in [2.24, 2.45) is 0 Å². The minimum absolute atomic E-state index is 0.199. The van der Waals surface area contributed by atoms with Crippen molar-refractivity contribution in [1.82, 2.24) is 5.32 Å². The highest BCUT2D eigenvalue weighted by atomic mass is 32.1. The summed E-state index contributed by atoms with van der Waals surface area (Å²) < 4.78 is 26.1. The summed E-state index contributed by atoms with van der Waals surface area (Å²) in [5.74, 6) is -1.18. The molecule has 0 spiro atoms. The second-order valence-electron chi connectivity index (χ2n) is 3.91. The first-order valence-electron chi connectivity index (χ1n) is 5.69. The van der Waals surface area contributed by atoms with Gasteiger partial charge < -0.3 is 10.6 Å². The molecule has 2 aromatic carbocycles. The number of thiocarbonyl (C=S) groups is 1. The van der Waals surface area contributed by atoms with E-state index in [9.17, 15) is 8.78 Å². The molecule has 2 aromatic rings. The Balaban J connectivity index is 1.90. The van der Waals surface area contributed by atoms with E-state index in [-0.39, 0.29) is 6.54 Å². The van der Waals surface area contributed by atoms with Crippen LogP contribution in [0.3, 0.4) is 0 Å². The molecule has 0 fully saturated rings. The van der Waals surface area contributed by atoms with Crippen LogP contribution in [-0.2, 0) is 6.54 Å². The van der Waals surface area contributed by atoms with Crippen LogP contribution in [0.2, 0.25) is 0 Å². The Labute approximate surface area is 115 Å². The molecular weight excluding hydrogens is 266 g/mol. The van der Waals surface area contributed by atoms with E-state index in [0.717, 1.165) is 11.8 Å². The number of benzene rings is 2. The monoisotopic (exact) mass is 278 g/mol. The summed E-state index contributed by atoms with van der Waals surface area (Å²) in [6.45, 7) is 0.199. The Morgan fingerprint density at radius 2 is 1.79 bits per heavy atom. The first-order valence-corrected chi connectivity index (χ1v) is 6.10. The van der Waals surface area contributed by atoms with Crippen LogP contribution in [0.5, 0.6) is 0 Å². The number of halogens is 2. The minimum atomic E-state index is -0.591. The van der Waals surface area contributed by atoms with Gasteiger partial charge in [-0.05, 0) is 30.4 Å². The van der Waals surface area contributed by atoms with E-state index in [2.05, 4.69) is 10.6 Å². The van der Waals surface area contributed by atoms with Crippen LogP contribution in [0.15, 0.2) is 48.5 Å². The highest BCUT2D eigenvalue weighted by Gasteiger charge is 2.04.